The predicted molar refractivity (Wildman–Crippen MR) is 180 cm³/mol. The molecule has 6 rings (SSSR count). The van der Waals surface area contributed by atoms with Crippen molar-refractivity contribution in [2.45, 2.75) is 49.5 Å². The molecule has 2 atom stereocenters. The Bertz CT molecular complexity index is 1870. The average molecular weight is 708 g/mol. The lowest BCUT2D eigenvalue weighted by atomic mass is 9.73. The van der Waals surface area contributed by atoms with Crippen molar-refractivity contribution in [2.75, 3.05) is 43.5 Å². The minimum absolute atomic E-state index is 0.0108. The maximum absolute atomic E-state index is 14.6. The van der Waals surface area contributed by atoms with Crippen molar-refractivity contribution in [3.63, 3.8) is 0 Å². The van der Waals surface area contributed by atoms with Gasteiger partial charge in [-0.3, -0.25) is 14.4 Å². The van der Waals surface area contributed by atoms with Gasteiger partial charge in [0.05, 0.1) is 12.2 Å². The lowest BCUT2D eigenvalue weighted by Crippen LogP contribution is -2.47. The Kier molecular flexibility index (Phi) is 10.0. The number of urea groups is 1. The summed E-state index contributed by atoms with van der Waals surface area (Å²) < 4.78 is 61.5. The van der Waals surface area contributed by atoms with E-state index in [0.717, 1.165) is 23.3 Å². The number of carbonyl (C=O) groups is 4. The highest BCUT2D eigenvalue weighted by Gasteiger charge is 2.46. The average Bonchev–Trinajstić information content (AvgIpc) is 3.39. The standard InChI is InChI=1S/C37H37F4N5O5/c1-3-33(48)46-12-13-51-31-19-24(5-7-30(31)46)43-36(50)45-10-8-37(9-11-45)20-22(25-6-4-23(38)18-26(25)37)17-32(47)44-29(35(49)42-2)16-21-14-27(39)34(41)28(40)15-21/h3-7,14-15,18-19,22,29H,1,8-13,16-17,20H2,2H3,(H,42,49)(H,43,50)(H,44,47)/t22-,29-/m1/s1. The molecule has 10 nitrogen and oxygen atoms in total. The summed E-state index contributed by atoms with van der Waals surface area (Å²) >= 11 is 0. The largest absolute Gasteiger partial charge is 0.489 e. The third kappa shape index (κ3) is 7.26. The van der Waals surface area contributed by atoms with Crippen LogP contribution in [0.5, 0.6) is 5.75 Å². The topological polar surface area (TPSA) is 120 Å². The number of nitrogens with one attached hydrogen (secondary N) is 3. The molecule has 3 aliphatic rings. The normalized spacial score (nSPS) is 17.9. The zero-order valence-corrected chi connectivity index (χ0v) is 27.9. The molecule has 2 aliphatic heterocycles. The van der Waals surface area contributed by atoms with Gasteiger partial charge in [0, 0.05) is 44.7 Å². The van der Waals surface area contributed by atoms with Crippen molar-refractivity contribution in [2.24, 2.45) is 0 Å². The zero-order chi connectivity index (χ0) is 36.4. The maximum Gasteiger partial charge on any atom is 0.321 e. The fourth-order valence-corrected chi connectivity index (χ4v) is 7.49. The monoisotopic (exact) mass is 707 g/mol. The molecule has 1 spiro atoms. The van der Waals surface area contributed by atoms with Gasteiger partial charge in [0.1, 0.15) is 24.2 Å². The second-order valence-electron chi connectivity index (χ2n) is 13.1. The van der Waals surface area contributed by atoms with Gasteiger partial charge in [-0.15, -0.1) is 0 Å². The van der Waals surface area contributed by atoms with Crippen LogP contribution < -0.4 is 25.6 Å². The lowest BCUT2D eigenvalue weighted by molar-refractivity contribution is -0.128. The van der Waals surface area contributed by atoms with Gasteiger partial charge < -0.3 is 30.5 Å². The van der Waals surface area contributed by atoms with Crippen LogP contribution in [0.4, 0.5) is 33.7 Å². The number of likely N-dealkylation sites (tertiary alicyclic amines) is 1. The molecule has 3 aromatic carbocycles. The Morgan fingerprint density at radius 3 is 2.41 bits per heavy atom. The van der Waals surface area contributed by atoms with E-state index in [2.05, 4.69) is 22.5 Å². The number of likely N-dealkylation sites (N-methyl/N-ethyl adjacent to an activating group) is 1. The molecule has 2 heterocycles. The van der Waals surface area contributed by atoms with Crippen LogP contribution in [0.3, 0.4) is 0 Å². The number of carbonyl (C=O) groups excluding carboxylic acids is 4. The van der Waals surface area contributed by atoms with Gasteiger partial charge in [0.25, 0.3) is 5.91 Å². The molecular weight excluding hydrogens is 670 g/mol. The first-order valence-corrected chi connectivity index (χ1v) is 16.6. The minimum atomic E-state index is -1.63. The van der Waals surface area contributed by atoms with E-state index in [1.807, 2.05) is 0 Å². The number of rotatable bonds is 8. The summed E-state index contributed by atoms with van der Waals surface area (Å²) in [5.41, 5.74) is 2.16. The summed E-state index contributed by atoms with van der Waals surface area (Å²) in [5, 5.41) is 7.97. The highest BCUT2D eigenvalue weighted by molar-refractivity contribution is 6.03. The molecule has 3 aromatic rings. The van der Waals surface area contributed by atoms with Gasteiger partial charge in [-0.05, 0) is 89.8 Å². The molecule has 51 heavy (non-hydrogen) atoms. The number of benzene rings is 3. The summed E-state index contributed by atoms with van der Waals surface area (Å²) in [6, 6.07) is 9.60. The van der Waals surface area contributed by atoms with Gasteiger partial charge in [-0.25, -0.2) is 22.4 Å². The van der Waals surface area contributed by atoms with E-state index in [4.69, 9.17) is 4.74 Å². The molecule has 268 valence electrons. The van der Waals surface area contributed by atoms with E-state index in [-0.39, 0.29) is 36.3 Å². The number of ether oxygens (including phenoxy) is 1. The first kappa shape index (κ1) is 35.4. The Balaban J connectivity index is 1.11. The highest BCUT2D eigenvalue weighted by atomic mass is 19.2. The van der Waals surface area contributed by atoms with Crippen molar-refractivity contribution in [3.8, 4) is 5.75 Å². The van der Waals surface area contributed by atoms with Crippen LogP contribution in [0.15, 0.2) is 61.2 Å². The fraction of sp³-hybridized carbons (Fsp3) is 0.351. The summed E-state index contributed by atoms with van der Waals surface area (Å²) in [7, 11) is 1.36. The number of amides is 5. The van der Waals surface area contributed by atoms with E-state index in [9.17, 15) is 36.7 Å². The summed E-state index contributed by atoms with van der Waals surface area (Å²) in [5.74, 6) is -6.06. The summed E-state index contributed by atoms with van der Waals surface area (Å²) in [6.07, 6.45) is 2.46. The van der Waals surface area contributed by atoms with Gasteiger partial charge >= 0.3 is 6.03 Å². The molecule has 5 amide bonds. The van der Waals surface area contributed by atoms with Gasteiger partial charge in [0.15, 0.2) is 17.5 Å². The van der Waals surface area contributed by atoms with Crippen LogP contribution in [0, 0.1) is 23.3 Å². The van der Waals surface area contributed by atoms with Crippen LogP contribution in [-0.4, -0.2) is 68.0 Å². The molecule has 14 heteroatoms. The third-order valence-corrected chi connectivity index (χ3v) is 10.00. The number of anilines is 2. The molecule has 3 N–H and O–H groups in total. The summed E-state index contributed by atoms with van der Waals surface area (Å²) in [4.78, 5) is 54.8. The molecule has 0 saturated carbocycles. The van der Waals surface area contributed by atoms with E-state index in [1.165, 1.54) is 25.3 Å². The highest BCUT2D eigenvalue weighted by Crippen LogP contribution is 2.53. The quantitative estimate of drug-likeness (QED) is 0.172. The fourth-order valence-electron chi connectivity index (χ4n) is 7.49. The molecule has 1 saturated heterocycles. The molecule has 0 unspecified atom stereocenters. The Hall–Kier alpha value is -5.40. The van der Waals surface area contributed by atoms with E-state index in [0.29, 0.717) is 62.6 Å². The first-order valence-electron chi connectivity index (χ1n) is 16.6. The first-order chi connectivity index (χ1) is 24.4. The van der Waals surface area contributed by atoms with Crippen molar-refractivity contribution in [1.82, 2.24) is 15.5 Å². The lowest BCUT2D eigenvalue weighted by Gasteiger charge is -2.40. The number of fused-ring (bicyclic) bond motifs is 3. The predicted octanol–water partition coefficient (Wildman–Crippen LogP) is 5.07. The molecular formula is C37H37F4N5O5. The van der Waals surface area contributed by atoms with Crippen molar-refractivity contribution >= 4 is 35.1 Å². The van der Waals surface area contributed by atoms with Gasteiger partial charge in [0.2, 0.25) is 11.8 Å². The molecule has 0 radical (unpaired) electrons. The number of halogens is 4. The van der Waals surface area contributed by atoms with Crippen molar-refractivity contribution in [3.05, 3.63) is 101 Å². The van der Waals surface area contributed by atoms with Crippen molar-refractivity contribution in [1.29, 1.82) is 0 Å². The Labute approximate surface area is 291 Å². The zero-order valence-electron chi connectivity index (χ0n) is 27.9. The van der Waals surface area contributed by atoms with Crippen LogP contribution in [0.2, 0.25) is 0 Å². The Morgan fingerprint density at radius 1 is 1.00 bits per heavy atom. The minimum Gasteiger partial charge on any atom is -0.489 e. The number of piperidine rings is 1. The Morgan fingerprint density at radius 2 is 1.73 bits per heavy atom. The maximum atomic E-state index is 14.6. The van der Waals surface area contributed by atoms with Crippen LogP contribution >= 0.6 is 0 Å². The smallest absolute Gasteiger partial charge is 0.321 e. The molecule has 1 aliphatic carbocycles. The molecule has 0 aromatic heterocycles. The van der Waals surface area contributed by atoms with E-state index < -0.39 is 46.5 Å². The van der Waals surface area contributed by atoms with Crippen molar-refractivity contribution < 1.29 is 41.5 Å². The third-order valence-electron chi connectivity index (χ3n) is 10.00. The number of nitrogens with zero attached hydrogens (tertiary/aromatic N) is 2. The molecule has 1 fully saturated rings. The number of hydrogen-bond donors (Lipinski definition) is 3. The summed E-state index contributed by atoms with van der Waals surface area (Å²) in [6.45, 7) is 4.97. The van der Waals surface area contributed by atoms with Crippen LogP contribution in [0.25, 0.3) is 0 Å². The van der Waals surface area contributed by atoms with Crippen LogP contribution in [0.1, 0.15) is 48.3 Å². The molecule has 0 bridgehead atoms. The van der Waals surface area contributed by atoms with E-state index >= 15 is 0 Å². The second kappa shape index (κ2) is 14.4. The second-order valence-corrected chi connectivity index (χ2v) is 13.1. The van der Waals surface area contributed by atoms with E-state index in [1.54, 1.807) is 34.1 Å². The van der Waals surface area contributed by atoms with Gasteiger partial charge in [-0.1, -0.05) is 12.6 Å². The SMILES string of the molecule is C=CC(=O)N1CCOc2cc(NC(=O)N3CCC4(CC3)C[C@@H](CC(=O)N[C@H](Cc3cc(F)c(F)c(F)c3)C(=O)NC)c3ccc(F)cc34)ccc21. The van der Waals surface area contributed by atoms with Gasteiger partial charge in [-0.2, -0.15) is 0 Å². The number of hydrogen-bond acceptors (Lipinski definition) is 5. The van der Waals surface area contributed by atoms with Crippen LogP contribution in [-0.2, 0) is 26.2 Å².